The first-order valence-corrected chi connectivity index (χ1v) is 13.1. The molecule has 2 unspecified atom stereocenters. The van der Waals surface area contributed by atoms with Crippen LogP contribution in [0, 0.1) is 0 Å². The zero-order chi connectivity index (χ0) is 23.6. The average Bonchev–Trinajstić information content (AvgIpc) is 3.45. The van der Waals surface area contributed by atoms with Crippen LogP contribution in [0.4, 0.5) is 0 Å². The van der Waals surface area contributed by atoms with Crippen molar-refractivity contribution in [2.45, 2.75) is 24.7 Å². The second-order valence-electron chi connectivity index (χ2n) is 10.4. The molecule has 6 aromatic carbocycles. The molecule has 0 spiro atoms. The number of hydrogen-bond donors (Lipinski definition) is 0. The third-order valence-electron chi connectivity index (χ3n) is 8.64. The minimum atomic E-state index is 0.425. The molecule has 0 amide bonds. The monoisotopic (exact) mass is 458 g/mol. The van der Waals surface area contributed by atoms with Crippen molar-refractivity contribution in [2.24, 2.45) is 0 Å². The van der Waals surface area contributed by atoms with Gasteiger partial charge in [-0.05, 0) is 78.9 Å². The highest BCUT2D eigenvalue weighted by Gasteiger charge is 2.34. The van der Waals surface area contributed by atoms with Crippen LogP contribution in [0.2, 0.25) is 0 Å². The maximum Gasteiger partial charge on any atom is 0.0108 e. The van der Waals surface area contributed by atoms with E-state index in [4.69, 9.17) is 0 Å². The maximum absolute atomic E-state index is 2.36. The lowest BCUT2D eigenvalue weighted by Gasteiger charge is -2.21. The van der Waals surface area contributed by atoms with Crippen LogP contribution in [0.1, 0.15) is 46.9 Å². The van der Waals surface area contributed by atoms with Crippen molar-refractivity contribution in [3.05, 3.63) is 144 Å². The van der Waals surface area contributed by atoms with Crippen molar-refractivity contribution in [1.29, 1.82) is 0 Å². The van der Waals surface area contributed by atoms with Gasteiger partial charge < -0.3 is 0 Å². The van der Waals surface area contributed by atoms with Gasteiger partial charge in [0.05, 0.1) is 0 Å². The van der Waals surface area contributed by atoms with Gasteiger partial charge in [0.25, 0.3) is 0 Å². The first-order valence-electron chi connectivity index (χ1n) is 13.1. The second kappa shape index (κ2) is 7.67. The van der Waals surface area contributed by atoms with Crippen molar-refractivity contribution in [3.8, 4) is 22.3 Å². The highest BCUT2D eigenvalue weighted by Crippen LogP contribution is 2.54. The normalized spacial score (nSPS) is 17.1. The molecule has 0 heterocycles. The lowest BCUT2D eigenvalue weighted by atomic mass is 9.83. The molecule has 0 saturated heterocycles. The van der Waals surface area contributed by atoms with E-state index in [9.17, 15) is 0 Å². The van der Waals surface area contributed by atoms with E-state index in [2.05, 4.69) is 121 Å². The summed E-state index contributed by atoms with van der Waals surface area (Å²) in [6.07, 6.45) is 2.28. The van der Waals surface area contributed by atoms with E-state index in [1.807, 2.05) is 0 Å². The number of rotatable bonds is 3. The molecule has 2 aliphatic carbocycles. The Bertz CT molecular complexity index is 1670. The average molecular weight is 459 g/mol. The van der Waals surface area contributed by atoms with Crippen molar-refractivity contribution < 1.29 is 0 Å². The predicted molar refractivity (Wildman–Crippen MR) is 152 cm³/mol. The van der Waals surface area contributed by atoms with Crippen LogP contribution < -0.4 is 0 Å². The molecule has 0 bridgehead atoms. The molecule has 6 aromatic rings. The van der Waals surface area contributed by atoms with Crippen LogP contribution in [0.3, 0.4) is 0 Å². The third kappa shape index (κ3) is 2.76. The number of benzene rings is 6. The maximum atomic E-state index is 2.36. The highest BCUT2D eigenvalue weighted by atomic mass is 14.4. The summed E-state index contributed by atoms with van der Waals surface area (Å²) in [7, 11) is 0. The summed E-state index contributed by atoms with van der Waals surface area (Å²) in [5.41, 5.74) is 11.7. The van der Waals surface area contributed by atoms with Crippen LogP contribution in [0.5, 0.6) is 0 Å². The van der Waals surface area contributed by atoms with Gasteiger partial charge in [0.2, 0.25) is 0 Å². The highest BCUT2D eigenvalue weighted by molar-refractivity contribution is 5.97. The summed E-state index contributed by atoms with van der Waals surface area (Å²) in [4.78, 5) is 0. The van der Waals surface area contributed by atoms with Gasteiger partial charge in [-0.2, -0.15) is 0 Å². The molecular weight excluding hydrogens is 432 g/mol. The fourth-order valence-corrected chi connectivity index (χ4v) is 7.15. The van der Waals surface area contributed by atoms with E-state index < -0.39 is 0 Å². The van der Waals surface area contributed by atoms with Crippen molar-refractivity contribution >= 4 is 21.5 Å². The molecule has 8 rings (SSSR count). The largest absolute Gasteiger partial charge is 0.0619 e. The zero-order valence-electron chi connectivity index (χ0n) is 20.1. The van der Waals surface area contributed by atoms with Gasteiger partial charge in [0, 0.05) is 11.8 Å². The Morgan fingerprint density at radius 3 is 1.28 bits per heavy atom. The SMILES string of the molecule is c1ccc2c(c1)-c1ccc3ccccc3c1C2CCC1c2ccccc2-c2ccc3ccccc3c21. The molecule has 0 aliphatic heterocycles. The van der Waals surface area contributed by atoms with Gasteiger partial charge in [0.1, 0.15) is 0 Å². The Hall–Kier alpha value is -4.16. The quantitative estimate of drug-likeness (QED) is 0.248. The zero-order valence-corrected chi connectivity index (χ0v) is 20.1. The van der Waals surface area contributed by atoms with Gasteiger partial charge in [-0.25, -0.2) is 0 Å². The Morgan fingerprint density at radius 2 is 0.778 bits per heavy atom. The topological polar surface area (TPSA) is 0 Å². The van der Waals surface area contributed by atoms with Crippen LogP contribution in [0.25, 0.3) is 43.8 Å². The van der Waals surface area contributed by atoms with Gasteiger partial charge in [-0.15, -0.1) is 0 Å². The molecule has 2 atom stereocenters. The van der Waals surface area contributed by atoms with Crippen LogP contribution >= 0.6 is 0 Å². The van der Waals surface area contributed by atoms with Crippen molar-refractivity contribution in [3.63, 3.8) is 0 Å². The summed E-state index contributed by atoms with van der Waals surface area (Å²) >= 11 is 0. The summed E-state index contributed by atoms with van der Waals surface area (Å²) in [6.45, 7) is 0. The second-order valence-corrected chi connectivity index (χ2v) is 10.4. The molecular formula is C36H26. The minimum absolute atomic E-state index is 0.425. The fraction of sp³-hybridized carbons (Fsp3) is 0.111. The van der Waals surface area contributed by atoms with E-state index in [0.717, 1.165) is 12.8 Å². The summed E-state index contributed by atoms with van der Waals surface area (Å²) in [6, 6.07) is 45.3. The van der Waals surface area contributed by atoms with Crippen molar-refractivity contribution in [1.82, 2.24) is 0 Å². The van der Waals surface area contributed by atoms with Gasteiger partial charge >= 0.3 is 0 Å². The first kappa shape index (κ1) is 20.1. The fourth-order valence-electron chi connectivity index (χ4n) is 7.15. The Labute approximate surface area is 211 Å². The number of hydrogen-bond acceptors (Lipinski definition) is 0. The summed E-state index contributed by atoms with van der Waals surface area (Å²) < 4.78 is 0. The molecule has 0 nitrogen and oxygen atoms in total. The Morgan fingerprint density at radius 1 is 0.361 bits per heavy atom. The number of fused-ring (bicyclic) bond motifs is 10. The smallest absolute Gasteiger partial charge is 0.0108 e. The molecule has 0 aromatic heterocycles. The molecule has 170 valence electrons. The van der Waals surface area contributed by atoms with Gasteiger partial charge in [-0.3, -0.25) is 0 Å². The standard InChI is InChI=1S/C36H26/c1-3-11-25-23(9-1)17-19-31-27-13-5-7-15-29(27)33(35(25)31)21-22-34-30-16-8-6-14-28(30)32-20-18-24-10-2-4-12-26(24)36(32)34/h1-20,33-34H,21-22H2. The Balaban J connectivity index is 1.27. The first-order chi connectivity index (χ1) is 17.9. The summed E-state index contributed by atoms with van der Waals surface area (Å²) in [5, 5.41) is 5.51. The predicted octanol–water partition coefficient (Wildman–Crippen LogP) is 9.70. The van der Waals surface area contributed by atoms with E-state index >= 15 is 0 Å². The lowest BCUT2D eigenvalue weighted by molar-refractivity contribution is 0.630. The van der Waals surface area contributed by atoms with E-state index in [-0.39, 0.29) is 0 Å². The minimum Gasteiger partial charge on any atom is -0.0619 e. The van der Waals surface area contributed by atoms with Crippen molar-refractivity contribution in [2.75, 3.05) is 0 Å². The third-order valence-corrected chi connectivity index (χ3v) is 8.64. The van der Waals surface area contributed by atoms with E-state index in [1.165, 1.54) is 66.1 Å². The van der Waals surface area contributed by atoms with E-state index in [0.29, 0.717) is 11.8 Å². The molecule has 0 N–H and O–H groups in total. The Kier molecular flexibility index (Phi) is 4.28. The molecule has 0 fully saturated rings. The van der Waals surface area contributed by atoms with Gasteiger partial charge in [-0.1, -0.05) is 121 Å². The molecule has 0 radical (unpaired) electrons. The van der Waals surface area contributed by atoms with Crippen LogP contribution in [0.15, 0.2) is 121 Å². The molecule has 36 heavy (non-hydrogen) atoms. The van der Waals surface area contributed by atoms with Gasteiger partial charge in [0.15, 0.2) is 0 Å². The van der Waals surface area contributed by atoms with Crippen LogP contribution in [-0.2, 0) is 0 Å². The van der Waals surface area contributed by atoms with Crippen LogP contribution in [-0.4, -0.2) is 0 Å². The molecule has 2 aliphatic rings. The summed E-state index contributed by atoms with van der Waals surface area (Å²) in [5.74, 6) is 0.849. The molecule has 0 saturated carbocycles. The lowest BCUT2D eigenvalue weighted by Crippen LogP contribution is -2.04. The molecule has 0 heteroatoms. The van der Waals surface area contributed by atoms with E-state index in [1.54, 1.807) is 0 Å².